The van der Waals surface area contributed by atoms with Crippen LogP contribution in [0.4, 0.5) is 11.8 Å². The molecule has 23 heavy (non-hydrogen) atoms. The Bertz CT molecular complexity index is 621. The van der Waals surface area contributed by atoms with Crippen LogP contribution < -0.4 is 20.1 Å². The second-order valence-corrected chi connectivity index (χ2v) is 4.99. The van der Waals surface area contributed by atoms with E-state index in [1.807, 2.05) is 18.2 Å². The summed E-state index contributed by atoms with van der Waals surface area (Å²) in [5.74, 6) is 2.61. The van der Waals surface area contributed by atoms with Gasteiger partial charge in [0.1, 0.15) is 5.82 Å². The number of ether oxygens (including phenoxy) is 2. The summed E-state index contributed by atoms with van der Waals surface area (Å²) in [5, 5.41) is 14.3. The lowest BCUT2D eigenvalue weighted by Gasteiger charge is -2.10. The van der Waals surface area contributed by atoms with E-state index in [0.717, 1.165) is 30.8 Å². The highest BCUT2D eigenvalue weighted by Crippen LogP contribution is 2.27. The minimum absolute atomic E-state index is 0.487. The first kappa shape index (κ1) is 16.8. The molecule has 0 saturated carbocycles. The van der Waals surface area contributed by atoms with Crippen LogP contribution in [0.15, 0.2) is 24.4 Å². The average Bonchev–Trinajstić information content (AvgIpc) is 2.60. The Morgan fingerprint density at radius 1 is 1.09 bits per heavy atom. The molecule has 1 aromatic heterocycles. The predicted molar refractivity (Wildman–Crippen MR) is 90.1 cm³/mol. The first-order valence-electron chi connectivity index (χ1n) is 7.65. The number of rotatable bonds is 9. The summed E-state index contributed by atoms with van der Waals surface area (Å²) >= 11 is 0. The summed E-state index contributed by atoms with van der Waals surface area (Å²) in [5.41, 5.74) is 1.04. The van der Waals surface area contributed by atoms with Crippen LogP contribution in [0.25, 0.3) is 0 Å². The molecule has 2 aromatic rings. The van der Waals surface area contributed by atoms with Crippen molar-refractivity contribution in [3.8, 4) is 11.5 Å². The lowest BCUT2D eigenvalue weighted by molar-refractivity contribution is 0.354. The molecule has 0 spiro atoms. The zero-order valence-corrected chi connectivity index (χ0v) is 13.8. The van der Waals surface area contributed by atoms with E-state index in [9.17, 15) is 0 Å². The molecule has 0 aliphatic heterocycles. The molecule has 7 nitrogen and oxygen atoms in total. The van der Waals surface area contributed by atoms with Gasteiger partial charge in [0.2, 0.25) is 5.95 Å². The summed E-state index contributed by atoms with van der Waals surface area (Å²) in [7, 11) is 3.24. The van der Waals surface area contributed by atoms with Crippen molar-refractivity contribution in [2.75, 3.05) is 31.4 Å². The first-order chi connectivity index (χ1) is 11.3. The molecule has 0 bridgehead atoms. The number of nitrogens with zero attached hydrogens (tertiary/aromatic N) is 3. The highest BCUT2D eigenvalue weighted by molar-refractivity contribution is 5.44. The molecule has 124 valence electrons. The maximum absolute atomic E-state index is 5.30. The standard InChI is InChI=1S/C16H23N5O2/c1-4-5-8-17-15-11-19-21-16(20-15)18-10-12-6-7-13(22-2)14(9-12)23-3/h6-7,9,11H,4-5,8,10H2,1-3H3,(H2,17,18,20,21). The molecular weight excluding hydrogens is 294 g/mol. The molecule has 0 atom stereocenters. The van der Waals surface area contributed by atoms with Gasteiger partial charge in [-0.25, -0.2) is 0 Å². The fourth-order valence-electron chi connectivity index (χ4n) is 2.03. The van der Waals surface area contributed by atoms with Gasteiger partial charge in [0.15, 0.2) is 11.5 Å². The Kier molecular flexibility index (Phi) is 6.40. The van der Waals surface area contributed by atoms with Gasteiger partial charge in [0.25, 0.3) is 0 Å². The largest absolute Gasteiger partial charge is 0.493 e. The van der Waals surface area contributed by atoms with Crippen molar-refractivity contribution in [3.05, 3.63) is 30.0 Å². The van der Waals surface area contributed by atoms with Gasteiger partial charge in [-0.2, -0.15) is 10.1 Å². The van der Waals surface area contributed by atoms with Crippen LogP contribution in [-0.2, 0) is 6.54 Å². The Labute approximate surface area is 136 Å². The fraction of sp³-hybridized carbons (Fsp3) is 0.438. The third-order valence-corrected chi connectivity index (χ3v) is 3.29. The minimum atomic E-state index is 0.487. The van der Waals surface area contributed by atoms with Crippen molar-refractivity contribution in [2.45, 2.75) is 26.3 Å². The van der Waals surface area contributed by atoms with Gasteiger partial charge in [0, 0.05) is 13.1 Å². The van der Waals surface area contributed by atoms with Gasteiger partial charge in [-0.05, 0) is 24.1 Å². The molecule has 1 aromatic carbocycles. The number of benzene rings is 1. The van der Waals surface area contributed by atoms with Crippen LogP contribution >= 0.6 is 0 Å². The van der Waals surface area contributed by atoms with Gasteiger partial charge in [-0.3, -0.25) is 0 Å². The predicted octanol–water partition coefficient (Wildman–Crippen LogP) is 2.71. The number of hydrogen-bond acceptors (Lipinski definition) is 7. The Hall–Kier alpha value is -2.57. The van der Waals surface area contributed by atoms with Crippen LogP contribution in [0.5, 0.6) is 11.5 Å². The third kappa shape index (κ3) is 4.98. The van der Waals surface area contributed by atoms with Crippen LogP contribution in [0, 0.1) is 0 Å². The maximum Gasteiger partial charge on any atom is 0.244 e. The minimum Gasteiger partial charge on any atom is -0.493 e. The first-order valence-corrected chi connectivity index (χ1v) is 7.65. The second-order valence-electron chi connectivity index (χ2n) is 4.99. The molecule has 0 aliphatic rings. The molecule has 0 unspecified atom stereocenters. The van der Waals surface area contributed by atoms with E-state index in [-0.39, 0.29) is 0 Å². The van der Waals surface area contributed by atoms with Crippen molar-refractivity contribution in [3.63, 3.8) is 0 Å². The van der Waals surface area contributed by atoms with Crippen LogP contribution in [0.3, 0.4) is 0 Å². The summed E-state index contributed by atoms with van der Waals surface area (Å²) in [4.78, 5) is 4.38. The molecule has 0 radical (unpaired) electrons. The molecule has 1 heterocycles. The molecule has 2 N–H and O–H groups in total. The summed E-state index contributed by atoms with van der Waals surface area (Å²) in [6, 6.07) is 5.76. The SMILES string of the molecule is CCCCNc1cnnc(NCc2ccc(OC)c(OC)c2)n1. The maximum atomic E-state index is 5.30. The quantitative estimate of drug-likeness (QED) is 0.688. The van der Waals surface area contributed by atoms with E-state index < -0.39 is 0 Å². The molecular formula is C16H23N5O2. The van der Waals surface area contributed by atoms with Gasteiger partial charge in [0.05, 0.1) is 20.4 Å². The zero-order chi connectivity index (χ0) is 16.5. The number of hydrogen-bond donors (Lipinski definition) is 2. The van der Waals surface area contributed by atoms with Crippen LogP contribution in [0.1, 0.15) is 25.3 Å². The van der Waals surface area contributed by atoms with Crippen LogP contribution in [-0.4, -0.2) is 35.9 Å². The topological polar surface area (TPSA) is 81.2 Å². The Morgan fingerprint density at radius 2 is 1.91 bits per heavy atom. The van der Waals surface area contributed by atoms with E-state index in [0.29, 0.717) is 24.0 Å². The van der Waals surface area contributed by atoms with E-state index in [4.69, 9.17) is 9.47 Å². The normalized spacial score (nSPS) is 10.2. The van der Waals surface area contributed by atoms with Crippen LogP contribution in [0.2, 0.25) is 0 Å². The van der Waals surface area contributed by atoms with Gasteiger partial charge < -0.3 is 20.1 Å². The van der Waals surface area contributed by atoms with Crippen molar-refractivity contribution in [2.24, 2.45) is 0 Å². The number of unbranched alkanes of at least 4 members (excludes halogenated alkanes) is 1. The molecule has 0 saturated heterocycles. The molecule has 7 heteroatoms. The van der Waals surface area contributed by atoms with E-state index in [1.54, 1.807) is 20.4 Å². The highest BCUT2D eigenvalue weighted by Gasteiger charge is 2.05. The van der Waals surface area contributed by atoms with E-state index in [2.05, 4.69) is 32.7 Å². The van der Waals surface area contributed by atoms with Gasteiger partial charge in [-0.15, -0.1) is 5.10 Å². The average molecular weight is 317 g/mol. The summed E-state index contributed by atoms with van der Waals surface area (Å²) in [6.07, 6.45) is 3.85. The number of nitrogens with one attached hydrogen (secondary N) is 2. The lowest BCUT2D eigenvalue weighted by atomic mass is 10.2. The van der Waals surface area contributed by atoms with Gasteiger partial charge >= 0.3 is 0 Å². The van der Waals surface area contributed by atoms with Crippen molar-refractivity contribution >= 4 is 11.8 Å². The zero-order valence-electron chi connectivity index (χ0n) is 13.8. The fourth-order valence-corrected chi connectivity index (χ4v) is 2.03. The smallest absolute Gasteiger partial charge is 0.244 e. The number of anilines is 2. The molecule has 0 fully saturated rings. The van der Waals surface area contributed by atoms with Gasteiger partial charge in [-0.1, -0.05) is 19.4 Å². The number of methoxy groups -OCH3 is 2. The number of aromatic nitrogens is 3. The van der Waals surface area contributed by atoms with Crippen molar-refractivity contribution < 1.29 is 9.47 Å². The van der Waals surface area contributed by atoms with E-state index in [1.165, 1.54) is 0 Å². The Morgan fingerprint density at radius 3 is 2.65 bits per heavy atom. The lowest BCUT2D eigenvalue weighted by Crippen LogP contribution is -2.09. The monoisotopic (exact) mass is 317 g/mol. The molecule has 0 amide bonds. The van der Waals surface area contributed by atoms with Crippen molar-refractivity contribution in [1.82, 2.24) is 15.2 Å². The van der Waals surface area contributed by atoms with Crippen molar-refractivity contribution in [1.29, 1.82) is 0 Å². The molecule has 2 rings (SSSR count). The second kappa shape index (κ2) is 8.77. The third-order valence-electron chi connectivity index (χ3n) is 3.29. The summed E-state index contributed by atoms with van der Waals surface area (Å²) in [6.45, 7) is 3.60. The molecule has 0 aliphatic carbocycles. The van der Waals surface area contributed by atoms with E-state index >= 15 is 0 Å². The Balaban J connectivity index is 1.96. The summed E-state index contributed by atoms with van der Waals surface area (Å²) < 4.78 is 10.5. The highest BCUT2D eigenvalue weighted by atomic mass is 16.5.